The number of aromatic amines is 1. The second-order valence-corrected chi connectivity index (χ2v) is 8.00. The zero-order valence-corrected chi connectivity index (χ0v) is 18.3. The molecule has 0 unspecified atom stereocenters. The van der Waals surface area contributed by atoms with Crippen molar-refractivity contribution in [2.75, 3.05) is 11.4 Å². The topological polar surface area (TPSA) is 156 Å². The van der Waals surface area contributed by atoms with Gasteiger partial charge in [0.25, 0.3) is 0 Å². The van der Waals surface area contributed by atoms with Gasteiger partial charge in [0.05, 0.1) is 19.3 Å². The maximum Gasteiger partial charge on any atom is 0.329 e. The number of benzene rings is 1. The van der Waals surface area contributed by atoms with Gasteiger partial charge >= 0.3 is 5.97 Å². The van der Waals surface area contributed by atoms with Crippen molar-refractivity contribution < 1.29 is 19.1 Å². The summed E-state index contributed by atoms with van der Waals surface area (Å²) in [5.41, 5.74) is 6.99. The van der Waals surface area contributed by atoms with E-state index in [0.717, 1.165) is 18.4 Å². The first-order chi connectivity index (χ1) is 15.9. The molecule has 2 amide bonds. The van der Waals surface area contributed by atoms with E-state index >= 15 is 0 Å². The maximum atomic E-state index is 12.9. The number of nitrogens with zero attached hydrogens (tertiary/aromatic N) is 4. The molecule has 11 nitrogen and oxygen atoms in total. The quantitative estimate of drug-likeness (QED) is 0.293. The molecule has 0 aliphatic heterocycles. The molecule has 1 fully saturated rings. The van der Waals surface area contributed by atoms with Gasteiger partial charge < -0.3 is 25.7 Å². The van der Waals surface area contributed by atoms with Gasteiger partial charge in [0.15, 0.2) is 11.5 Å². The van der Waals surface area contributed by atoms with E-state index in [1.54, 1.807) is 17.0 Å². The van der Waals surface area contributed by atoms with Crippen LogP contribution < -0.4 is 16.0 Å². The highest BCUT2D eigenvalue weighted by Crippen LogP contribution is 2.33. The van der Waals surface area contributed by atoms with Crippen LogP contribution in [0.5, 0.6) is 0 Å². The molecule has 0 bridgehead atoms. The Labute approximate surface area is 193 Å². The average Bonchev–Trinajstić information content (AvgIpc) is 3.52. The zero-order valence-electron chi connectivity index (χ0n) is 17.5. The Balaban J connectivity index is 1.45. The number of hydrogen-bond acceptors (Lipinski definition) is 8. The van der Waals surface area contributed by atoms with Gasteiger partial charge in [0.2, 0.25) is 17.1 Å². The van der Waals surface area contributed by atoms with Crippen LogP contribution in [0.2, 0.25) is 5.28 Å². The van der Waals surface area contributed by atoms with Crippen LogP contribution in [-0.4, -0.2) is 56.3 Å². The Hall–Kier alpha value is -3.73. The molecule has 4 N–H and O–H groups in total. The van der Waals surface area contributed by atoms with E-state index in [9.17, 15) is 14.4 Å². The van der Waals surface area contributed by atoms with Crippen molar-refractivity contribution in [3.63, 3.8) is 0 Å². The molecule has 0 spiro atoms. The molecule has 1 atom stereocenters. The summed E-state index contributed by atoms with van der Waals surface area (Å²) in [5.74, 6) is -1.53. The molecular weight excluding hydrogens is 450 g/mol. The molecule has 33 heavy (non-hydrogen) atoms. The van der Waals surface area contributed by atoms with E-state index in [-0.39, 0.29) is 30.9 Å². The Morgan fingerprint density at radius 3 is 2.70 bits per heavy atom. The van der Waals surface area contributed by atoms with Crippen molar-refractivity contribution in [3.05, 3.63) is 47.5 Å². The van der Waals surface area contributed by atoms with Gasteiger partial charge in [-0.05, 0) is 30.0 Å². The molecule has 0 radical (unpaired) electrons. The van der Waals surface area contributed by atoms with Crippen LogP contribution in [0.15, 0.2) is 36.7 Å². The highest BCUT2D eigenvalue weighted by atomic mass is 35.5. The number of H-pyrrole nitrogens is 1. The first kappa shape index (κ1) is 22.5. The van der Waals surface area contributed by atoms with Crippen LogP contribution in [0.3, 0.4) is 0 Å². The van der Waals surface area contributed by atoms with E-state index < -0.39 is 23.8 Å². The van der Waals surface area contributed by atoms with E-state index in [4.69, 9.17) is 22.1 Å². The molecule has 12 heteroatoms. The zero-order chi connectivity index (χ0) is 23.4. The number of halogens is 1. The number of ether oxygens (including phenoxy) is 1. The Bertz CT molecular complexity index is 1170. The first-order valence-electron chi connectivity index (χ1n) is 10.3. The van der Waals surface area contributed by atoms with Crippen molar-refractivity contribution in [3.8, 4) is 0 Å². The molecule has 1 aliphatic rings. The van der Waals surface area contributed by atoms with E-state index in [1.165, 1.54) is 6.33 Å². The molecule has 0 saturated heterocycles. The lowest BCUT2D eigenvalue weighted by atomic mass is 10.2. The minimum atomic E-state index is -1.21. The van der Waals surface area contributed by atoms with Crippen LogP contribution in [0.1, 0.15) is 24.8 Å². The highest BCUT2D eigenvalue weighted by molar-refractivity contribution is 6.28. The minimum Gasteiger partial charge on any atom is -0.459 e. The molecule has 2 heterocycles. The number of carbonyl (C=O) groups is 3. The number of anilines is 1. The van der Waals surface area contributed by atoms with Gasteiger partial charge in [0, 0.05) is 6.04 Å². The summed E-state index contributed by atoms with van der Waals surface area (Å²) >= 11 is 6.04. The SMILES string of the molecule is NC(=O)C[C@H](NC(=O)CN(c1nc(Cl)nc2nc[nH]c12)C1CC1)C(=O)OCc1ccccc1. The van der Waals surface area contributed by atoms with Crippen molar-refractivity contribution >= 4 is 46.4 Å². The number of hydrogen-bond donors (Lipinski definition) is 3. The maximum absolute atomic E-state index is 12.9. The third kappa shape index (κ3) is 5.75. The van der Waals surface area contributed by atoms with E-state index in [1.807, 2.05) is 18.2 Å². The summed E-state index contributed by atoms with van der Waals surface area (Å²) in [6.45, 7) is -0.108. The van der Waals surface area contributed by atoms with Crippen molar-refractivity contribution in [1.82, 2.24) is 25.3 Å². The Morgan fingerprint density at radius 1 is 1.24 bits per heavy atom. The lowest BCUT2D eigenvalue weighted by Gasteiger charge is -2.24. The molecule has 3 aromatic rings. The Morgan fingerprint density at radius 2 is 2.00 bits per heavy atom. The fourth-order valence-corrected chi connectivity index (χ4v) is 3.54. The largest absolute Gasteiger partial charge is 0.459 e. The summed E-state index contributed by atoms with van der Waals surface area (Å²) in [5, 5.41) is 2.57. The van der Waals surface area contributed by atoms with Gasteiger partial charge in [-0.15, -0.1) is 0 Å². The Kier molecular flexibility index (Phi) is 6.68. The van der Waals surface area contributed by atoms with Gasteiger partial charge in [0.1, 0.15) is 18.2 Å². The van der Waals surface area contributed by atoms with Crippen molar-refractivity contribution in [2.24, 2.45) is 5.73 Å². The van der Waals surface area contributed by atoms with Crippen molar-refractivity contribution in [2.45, 2.75) is 38.0 Å². The summed E-state index contributed by atoms with van der Waals surface area (Å²) in [6.07, 6.45) is 2.83. The third-order valence-electron chi connectivity index (χ3n) is 5.06. The third-order valence-corrected chi connectivity index (χ3v) is 5.23. The predicted octanol–water partition coefficient (Wildman–Crippen LogP) is 1.08. The number of esters is 1. The first-order valence-corrected chi connectivity index (χ1v) is 10.7. The van der Waals surface area contributed by atoms with Crippen LogP contribution in [0.4, 0.5) is 5.82 Å². The number of primary amides is 1. The van der Waals surface area contributed by atoms with E-state index in [0.29, 0.717) is 17.0 Å². The second kappa shape index (κ2) is 9.82. The predicted molar refractivity (Wildman–Crippen MR) is 119 cm³/mol. The fourth-order valence-electron chi connectivity index (χ4n) is 3.38. The van der Waals surface area contributed by atoms with Crippen LogP contribution >= 0.6 is 11.6 Å². The molecule has 1 saturated carbocycles. The number of aromatic nitrogens is 4. The normalized spacial score (nSPS) is 14.0. The molecule has 172 valence electrons. The summed E-state index contributed by atoms with van der Waals surface area (Å²) in [6, 6.07) is 7.93. The molecule has 4 rings (SSSR count). The second-order valence-electron chi connectivity index (χ2n) is 7.66. The summed E-state index contributed by atoms with van der Waals surface area (Å²) in [7, 11) is 0. The van der Waals surface area contributed by atoms with Gasteiger partial charge in [-0.2, -0.15) is 9.97 Å². The molecular formula is C21H22ClN7O4. The van der Waals surface area contributed by atoms with Gasteiger partial charge in [-0.3, -0.25) is 9.59 Å². The van der Waals surface area contributed by atoms with Crippen LogP contribution in [-0.2, 0) is 25.7 Å². The molecule has 1 aliphatic carbocycles. The smallest absolute Gasteiger partial charge is 0.329 e. The average molecular weight is 472 g/mol. The summed E-state index contributed by atoms with van der Waals surface area (Å²) < 4.78 is 5.28. The number of nitrogens with one attached hydrogen (secondary N) is 2. The minimum absolute atomic E-state index is 0.00625. The number of fused-ring (bicyclic) bond motifs is 1. The van der Waals surface area contributed by atoms with Crippen LogP contribution in [0, 0.1) is 0 Å². The molecule has 1 aromatic carbocycles. The lowest BCUT2D eigenvalue weighted by molar-refractivity contribution is -0.150. The van der Waals surface area contributed by atoms with Gasteiger partial charge in [-0.25, -0.2) is 9.78 Å². The number of amides is 2. The highest BCUT2D eigenvalue weighted by Gasteiger charge is 2.34. The number of rotatable bonds is 10. The molecule has 2 aromatic heterocycles. The van der Waals surface area contributed by atoms with Gasteiger partial charge in [-0.1, -0.05) is 30.3 Å². The monoisotopic (exact) mass is 471 g/mol. The number of carbonyl (C=O) groups excluding carboxylic acids is 3. The lowest BCUT2D eigenvalue weighted by Crippen LogP contribution is -2.48. The summed E-state index contributed by atoms with van der Waals surface area (Å²) in [4.78, 5) is 54.1. The van der Waals surface area contributed by atoms with Crippen molar-refractivity contribution in [1.29, 1.82) is 0 Å². The fraction of sp³-hybridized carbons (Fsp3) is 0.333. The standard InChI is InChI=1S/C21H22ClN7O4/c22-21-27-18-17(24-11-25-18)19(28-21)29(13-6-7-13)9-16(31)26-14(8-15(23)30)20(32)33-10-12-4-2-1-3-5-12/h1-5,11,13-14H,6-10H2,(H2,23,30)(H,26,31)(H,24,25,27,28)/t14-/m0/s1. The van der Waals surface area contributed by atoms with Crippen LogP contribution in [0.25, 0.3) is 11.2 Å². The number of nitrogens with two attached hydrogens (primary N) is 1. The number of imidazole rings is 1. The van der Waals surface area contributed by atoms with E-state index in [2.05, 4.69) is 25.3 Å².